The van der Waals surface area contributed by atoms with Gasteiger partial charge >= 0.3 is 0 Å². The Morgan fingerprint density at radius 3 is 2.60 bits per heavy atom. The van der Waals surface area contributed by atoms with Crippen LogP contribution in [0, 0.1) is 10.1 Å². The second kappa shape index (κ2) is 4.46. The van der Waals surface area contributed by atoms with Crippen molar-refractivity contribution in [2.24, 2.45) is 0 Å². The molecule has 0 aliphatic carbocycles. The van der Waals surface area contributed by atoms with E-state index >= 15 is 0 Å². The van der Waals surface area contributed by atoms with Crippen LogP contribution in [0.15, 0.2) is 12.1 Å². The van der Waals surface area contributed by atoms with E-state index in [1.807, 2.05) is 0 Å². The molecule has 0 spiro atoms. The van der Waals surface area contributed by atoms with Gasteiger partial charge < -0.3 is 5.73 Å². The summed E-state index contributed by atoms with van der Waals surface area (Å²) >= 11 is 11.0. The predicted octanol–water partition coefficient (Wildman–Crippen LogP) is 2.25. The number of benzene rings is 1. The van der Waals surface area contributed by atoms with Crippen LogP contribution in [0.2, 0.25) is 5.02 Å². The van der Waals surface area contributed by atoms with Crippen LogP contribution in [0.4, 0.5) is 11.4 Å². The van der Waals surface area contributed by atoms with E-state index in [9.17, 15) is 14.9 Å². The number of anilines is 1. The van der Waals surface area contributed by atoms with Crippen LogP contribution < -0.4 is 5.73 Å². The summed E-state index contributed by atoms with van der Waals surface area (Å²) in [5.41, 5.74) is 5.10. The Morgan fingerprint density at radius 1 is 1.53 bits per heavy atom. The lowest BCUT2D eigenvalue weighted by atomic mass is 10.1. The molecule has 0 amide bonds. The molecule has 0 aliphatic rings. The van der Waals surface area contributed by atoms with Gasteiger partial charge in [0.15, 0.2) is 5.78 Å². The Hall–Kier alpha value is -1.33. The molecule has 2 N–H and O–H groups in total. The number of nitrogen functional groups attached to an aromatic ring is 1. The van der Waals surface area contributed by atoms with Gasteiger partial charge in [-0.05, 0) is 6.07 Å². The highest BCUT2D eigenvalue weighted by Crippen LogP contribution is 2.32. The van der Waals surface area contributed by atoms with Crippen molar-refractivity contribution in [1.82, 2.24) is 0 Å². The van der Waals surface area contributed by atoms with E-state index in [-0.39, 0.29) is 27.8 Å². The number of nitro benzene ring substituents is 1. The van der Waals surface area contributed by atoms with E-state index < -0.39 is 10.7 Å². The van der Waals surface area contributed by atoms with Gasteiger partial charge in [0.25, 0.3) is 5.69 Å². The molecule has 0 saturated heterocycles. The Morgan fingerprint density at radius 2 is 2.13 bits per heavy atom. The molecule has 1 aromatic rings. The first kappa shape index (κ1) is 11.7. The molecule has 0 radical (unpaired) electrons. The number of nitrogens with zero attached hydrogens (tertiary/aromatic N) is 1. The molecular formula is C8H6Cl2N2O3. The van der Waals surface area contributed by atoms with Crippen LogP contribution in [0.3, 0.4) is 0 Å². The molecule has 0 bridgehead atoms. The summed E-state index contributed by atoms with van der Waals surface area (Å²) in [6.07, 6.45) is 0. The van der Waals surface area contributed by atoms with Gasteiger partial charge in [-0.2, -0.15) is 0 Å². The molecule has 15 heavy (non-hydrogen) atoms. The van der Waals surface area contributed by atoms with Crippen LogP contribution in [0.5, 0.6) is 0 Å². The highest BCUT2D eigenvalue weighted by molar-refractivity contribution is 6.39. The van der Waals surface area contributed by atoms with Crippen molar-refractivity contribution >= 4 is 40.4 Å². The van der Waals surface area contributed by atoms with E-state index in [1.165, 1.54) is 6.07 Å². The summed E-state index contributed by atoms with van der Waals surface area (Å²) in [7, 11) is 0. The van der Waals surface area contributed by atoms with Crippen LogP contribution in [-0.2, 0) is 0 Å². The van der Waals surface area contributed by atoms with Crippen molar-refractivity contribution in [3.63, 3.8) is 0 Å². The van der Waals surface area contributed by atoms with Gasteiger partial charge in [0.05, 0.1) is 16.4 Å². The van der Waals surface area contributed by atoms with Gasteiger partial charge in [0, 0.05) is 11.8 Å². The Labute approximate surface area is 94.9 Å². The van der Waals surface area contributed by atoms with Gasteiger partial charge in [-0.25, -0.2) is 0 Å². The third kappa shape index (κ3) is 2.19. The first-order valence-electron chi connectivity index (χ1n) is 3.80. The number of halogens is 2. The molecule has 5 nitrogen and oxygen atoms in total. The first-order chi connectivity index (χ1) is 6.99. The minimum absolute atomic E-state index is 0.0799. The molecule has 1 rings (SSSR count). The standard InChI is InChI=1S/C8H6Cl2N2O3/c9-3-6(13)7-4(11)1-2-5(8(7)10)12(14)15/h1-2H,3,11H2. The number of carbonyl (C=O) groups excluding carboxylic acids is 1. The summed E-state index contributed by atoms with van der Waals surface area (Å²) in [6.45, 7) is 0. The number of Topliss-reactive ketones (excluding diaryl/α,β-unsaturated/α-hetero) is 1. The van der Waals surface area contributed by atoms with E-state index in [1.54, 1.807) is 0 Å². The van der Waals surface area contributed by atoms with Gasteiger partial charge in [-0.3, -0.25) is 14.9 Å². The maximum absolute atomic E-state index is 11.3. The average molecular weight is 249 g/mol. The van der Waals surface area contributed by atoms with Crippen LogP contribution in [0.1, 0.15) is 10.4 Å². The largest absolute Gasteiger partial charge is 0.398 e. The number of hydrogen-bond donors (Lipinski definition) is 1. The summed E-state index contributed by atoms with van der Waals surface area (Å²) in [5, 5.41) is 10.3. The van der Waals surface area contributed by atoms with Gasteiger partial charge in [-0.1, -0.05) is 11.6 Å². The number of nitro groups is 1. The predicted molar refractivity (Wildman–Crippen MR) is 57.6 cm³/mol. The van der Waals surface area contributed by atoms with Crippen LogP contribution >= 0.6 is 23.2 Å². The zero-order chi connectivity index (χ0) is 11.6. The second-order valence-electron chi connectivity index (χ2n) is 2.68. The van der Waals surface area contributed by atoms with Crippen molar-refractivity contribution in [3.05, 3.63) is 32.8 Å². The number of rotatable bonds is 3. The number of alkyl halides is 1. The molecule has 0 fully saturated rings. The van der Waals surface area contributed by atoms with Crippen molar-refractivity contribution in [1.29, 1.82) is 0 Å². The van der Waals surface area contributed by atoms with Crippen LogP contribution in [0.25, 0.3) is 0 Å². The van der Waals surface area contributed by atoms with Crippen molar-refractivity contribution in [2.75, 3.05) is 11.6 Å². The van der Waals surface area contributed by atoms with E-state index in [4.69, 9.17) is 28.9 Å². The van der Waals surface area contributed by atoms with E-state index in [0.717, 1.165) is 6.07 Å². The number of carbonyl (C=O) groups is 1. The van der Waals surface area contributed by atoms with Gasteiger partial charge in [0.2, 0.25) is 0 Å². The van der Waals surface area contributed by atoms with E-state index in [0.29, 0.717) is 0 Å². The molecule has 1 aromatic carbocycles. The maximum Gasteiger partial charge on any atom is 0.288 e. The Bertz CT molecular complexity index is 434. The van der Waals surface area contributed by atoms with Crippen molar-refractivity contribution < 1.29 is 9.72 Å². The minimum Gasteiger partial charge on any atom is -0.398 e. The summed E-state index contributed by atoms with van der Waals surface area (Å²) in [5.74, 6) is -0.867. The number of nitrogens with two attached hydrogens (primary N) is 1. The zero-order valence-electron chi connectivity index (χ0n) is 7.37. The third-order valence-electron chi connectivity index (χ3n) is 1.75. The lowest BCUT2D eigenvalue weighted by molar-refractivity contribution is -0.384. The topological polar surface area (TPSA) is 86.2 Å². The lowest BCUT2D eigenvalue weighted by Gasteiger charge is -2.05. The highest BCUT2D eigenvalue weighted by Gasteiger charge is 2.22. The molecule has 0 heterocycles. The first-order valence-corrected chi connectivity index (χ1v) is 4.71. The number of hydrogen-bond acceptors (Lipinski definition) is 4. The smallest absolute Gasteiger partial charge is 0.288 e. The zero-order valence-corrected chi connectivity index (χ0v) is 8.88. The fourth-order valence-corrected chi connectivity index (χ4v) is 1.55. The molecule has 7 heteroatoms. The Kier molecular flexibility index (Phi) is 3.49. The minimum atomic E-state index is -0.688. The van der Waals surface area contributed by atoms with Gasteiger partial charge in [-0.15, -0.1) is 11.6 Å². The molecule has 0 unspecified atom stereocenters. The molecule has 0 atom stereocenters. The summed E-state index contributed by atoms with van der Waals surface area (Å²) < 4.78 is 0. The van der Waals surface area contributed by atoms with Crippen molar-refractivity contribution in [3.8, 4) is 0 Å². The van der Waals surface area contributed by atoms with Crippen molar-refractivity contribution in [2.45, 2.75) is 0 Å². The molecule has 0 aromatic heterocycles. The summed E-state index contributed by atoms with van der Waals surface area (Å²) in [6, 6.07) is 2.40. The maximum atomic E-state index is 11.3. The molecule has 0 saturated carbocycles. The normalized spacial score (nSPS) is 10.0. The Balaban J connectivity index is 3.43. The number of ketones is 1. The molecular weight excluding hydrogens is 243 g/mol. The van der Waals surface area contributed by atoms with Crippen LogP contribution in [-0.4, -0.2) is 16.6 Å². The fraction of sp³-hybridized carbons (Fsp3) is 0.125. The highest BCUT2D eigenvalue weighted by atomic mass is 35.5. The van der Waals surface area contributed by atoms with E-state index in [2.05, 4.69) is 0 Å². The second-order valence-corrected chi connectivity index (χ2v) is 3.32. The SMILES string of the molecule is Nc1ccc([N+](=O)[O-])c(Cl)c1C(=O)CCl. The molecule has 80 valence electrons. The third-order valence-corrected chi connectivity index (χ3v) is 2.38. The molecule has 0 aliphatic heterocycles. The average Bonchev–Trinajstić information content (AvgIpc) is 2.16. The van der Waals surface area contributed by atoms with Gasteiger partial charge in [0.1, 0.15) is 5.02 Å². The lowest BCUT2D eigenvalue weighted by Crippen LogP contribution is -2.07. The fourth-order valence-electron chi connectivity index (χ4n) is 1.07. The monoisotopic (exact) mass is 248 g/mol. The summed E-state index contributed by atoms with van der Waals surface area (Å²) in [4.78, 5) is 21.2. The quantitative estimate of drug-likeness (QED) is 0.292.